The van der Waals surface area contributed by atoms with Crippen LogP contribution in [0.25, 0.3) is 0 Å². The molecule has 3 nitrogen and oxygen atoms in total. The van der Waals surface area contributed by atoms with Crippen LogP contribution >= 0.6 is 0 Å². The average Bonchev–Trinajstić information content (AvgIpc) is 2.67. The van der Waals surface area contributed by atoms with Gasteiger partial charge in [0.2, 0.25) is 0 Å². The van der Waals surface area contributed by atoms with Crippen LogP contribution in [-0.2, 0) is 4.74 Å². The minimum absolute atomic E-state index is 0.221. The lowest BCUT2D eigenvalue weighted by atomic mass is 9.83. The molecule has 19 heavy (non-hydrogen) atoms. The molecule has 1 fully saturated rings. The Bertz CT molecular complexity index is 406. The highest BCUT2D eigenvalue weighted by Gasteiger charge is 2.30. The average molecular weight is 261 g/mol. The van der Waals surface area contributed by atoms with Gasteiger partial charge in [0.25, 0.3) is 0 Å². The first kappa shape index (κ1) is 14.2. The van der Waals surface area contributed by atoms with E-state index in [-0.39, 0.29) is 11.2 Å². The van der Waals surface area contributed by atoms with Gasteiger partial charge in [-0.05, 0) is 6.42 Å². The number of hydrogen-bond acceptors (Lipinski definition) is 3. The second kappa shape index (κ2) is 6.31. The van der Waals surface area contributed by atoms with Gasteiger partial charge in [-0.3, -0.25) is 9.69 Å². The molecule has 0 aromatic heterocycles. The van der Waals surface area contributed by atoms with E-state index in [1.165, 1.54) is 0 Å². The van der Waals surface area contributed by atoms with Gasteiger partial charge < -0.3 is 4.74 Å². The van der Waals surface area contributed by atoms with E-state index >= 15 is 0 Å². The summed E-state index contributed by atoms with van der Waals surface area (Å²) in [6, 6.07) is 9.58. The summed E-state index contributed by atoms with van der Waals surface area (Å²) in [6.07, 6.45) is 1.05. The van der Waals surface area contributed by atoms with Crippen molar-refractivity contribution in [1.82, 2.24) is 4.90 Å². The molecule has 0 spiro atoms. The van der Waals surface area contributed by atoms with Crippen LogP contribution in [-0.4, -0.2) is 43.5 Å². The summed E-state index contributed by atoms with van der Waals surface area (Å²) >= 11 is 0. The van der Waals surface area contributed by atoms with Crippen molar-refractivity contribution in [1.29, 1.82) is 0 Å². The molecule has 1 aliphatic rings. The lowest BCUT2D eigenvalue weighted by Crippen LogP contribution is -2.40. The molecule has 0 amide bonds. The maximum atomic E-state index is 12.6. The van der Waals surface area contributed by atoms with Gasteiger partial charge in [0, 0.05) is 37.2 Å². The first-order valence-corrected chi connectivity index (χ1v) is 6.99. The summed E-state index contributed by atoms with van der Waals surface area (Å²) in [5, 5.41) is 0. The molecule has 3 heteroatoms. The minimum atomic E-state index is -0.355. The second-order valence-electron chi connectivity index (χ2n) is 5.82. The number of ether oxygens (including phenoxy) is 1. The van der Waals surface area contributed by atoms with Gasteiger partial charge in [-0.25, -0.2) is 0 Å². The molecule has 0 atom stereocenters. The highest BCUT2D eigenvalue weighted by Crippen LogP contribution is 2.23. The summed E-state index contributed by atoms with van der Waals surface area (Å²) in [6.45, 7) is 8.42. The number of carbonyl (C=O) groups is 1. The summed E-state index contributed by atoms with van der Waals surface area (Å²) in [5.74, 6) is 0.221. The monoisotopic (exact) mass is 261 g/mol. The first-order valence-electron chi connectivity index (χ1n) is 6.99. The molecular formula is C16H23NO2. The van der Waals surface area contributed by atoms with Crippen LogP contribution in [0.15, 0.2) is 30.3 Å². The Morgan fingerprint density at radius 1 is 1.21 bits per heavy atom. The van der Waals surface area contributed by atoms with Crippen LogP contribution in [0.3, 0.4) is 0 Å². The van der Waals surface area contributed by atoms with E-state index in [2.05, 4.69) is 4.90 Å². The normalized spacial score (nSPS) is 18.0. The second-order valence-corrected chi connectivity index (χ2v) is 5.82. The number of ketones is 1. The zero-order chi connectivity index (χ0) is 13.7. The van der Waals surface area contributed by atoms with Crippen molar-refractivity contribution < 1.29 is 9.53 Å². The van der Waals surface area contributed by atoms with E-state index < -0.39 is 0 Å². The topological polar surface area (TPSA) is 29.5 Å². The summed E-state index contributed by atoms with van der Waals surface area (Å²) in [5.41, 5.74) is 0.449. The fourth-order valence-corrected chi connectivity index (χ4v) is 2.57. The Balaban J connectivity index is 2.02. The van der Waals surface area contributed by atoms with Gasteiger partial charge in [-0.1, -0.05) is 44.2 Å². The van der Waals surface area contributed by atoms with Gasteiger partial charge in [-0.2, -0.15) is 0 Å². The van der Waals surface area contributed by atoms with Crippen molar-refractivity contribution in [3.05, 3.63) is 35.9 Å². The Hall–Kier alpha value is -1.19. The molecule has 0 N–H and O–H groups in total. The lowest BCUT2D eigenvalue weighted by Gasteiger charge is -2.30. The molecule has 0 bridgehead atoms. The predicted molar refractivity (Wildman–Crippen MR) is 76.4 cm³/mol. The molecule has 1 aromatic rings. The Kier molecular flexibility index (Phi) is 4.72. The highest BCUT2D eigenvalue weighted by atomic mass is 16.5. The SMILES string of the molecule is CC(C)(CN1CCCOCC1)C(=O)c1ccccc1. The third-order valence-corrected chi connectivity index (χ3v) is 3.58. The zero-order valence-corrected chi connectivity index (χ0v) is 11.9. The Labute approximate surface area is 115 Å². The van der Waals surface area contributed by atoms with Gasteiger partial charge >= 0.3 is 0 Å². The lowest BCUT2D eigenvalue weighted by molar-refractivity contribution is 0.0755. The van der Waals surface area contributed by atoms with Gasteiger partial charge in [0.05, 0.1) is 6.61 Å². The van der Waals surface area contributed by atoms with Crippen molar-refractivity contribution in [2.24, 2.45) is 5.41 Å². The zero-order valence-electron chi connectivity index (χ0n) is 11.9. The van der Waals surface area contributed by atoms with E-state index in [4.69, 9.17) is 4.74 Å². The molecule has 104 valence electrons. The number of nitrogens with zero attached hydrogens (tertiary/aromatic N) is 1. The number of Topliss-reactive ketones (excluding diaryl/α,β-unsaturated/α-hetero) is 1. The fourth-order valence-electron chi connectivity index (χ4n) is 2.57. The largest absolute Gasteiger partial charge is 0.380 e. The smallest absolute Gasteiger partial charge is 0.169 e. The predicted octanol–water partition coefficient (Wildman–Crippen LogP) is 2.62. The van der Waals surface area contributed by atoms with Crippen molar-refractivity contribution in [3.63, 3.8) is 0 Å². The molecule has 2 rings (SSSR count). The molecule has 1 aromatic carbocycles. The van der Waals surface area contributed by atoms with Gasteiger partial charge in [0.15, 0.2) is 5.78 Å². The quantitative estimate of drug-likeness (QED) is 0.780. The maximum Gasteiger partial charge on any atom is 0.169 e. The van der Waals surface area contributed by atoms with Crippen LogP contribution in [0.2, 0.25) is 0 Å². The number of rotatable bonds is 4. The molecular weight excluding hydrogens is 238 g/mol. The third kappa shape index (κ3) is 3.88. The summed E-state index contributed by atoms with van der Waals surface area (Å²) in [4.78, 5) is 14.9. The maximum absolute atomic E-state index is 12.6. The molecule has 0 aliphatic carbocycles. The fraction of sp³-hybridized carbons (Fsp3) is 0.562. The number of hydrogen-bond donors (Lipinski definition) is 0. The summed E-state index contributed by atoms with van der Waals surface area (Å²) < 4.78 is 5.46. The Morgan fingerprint density at radius 3 is 2.68 bits per heavy atom. The van der Waals surface area contributed by atoms with Crippen molar-refractivity contribution in [2.75, 3.05) is 32.8 Å². The van der Waals surface area contributed by atoms with E-state index in [1.807, 2.05) is 44.2 Å². The molecule has 0 saturated carbocycles. The van der Waals surface area contributed by atoms with Crippen LogP contribution in [0.5, 0.6) is 0 Å². The van der Waals surface area contributed by atoms with Gasteiger partial charge in [-0.15, -0.1) is 0 Å². The third-order valence-electron chi connectivity index (χ3n) is 3.58. The molecule has 1 heterocycles. The van der Waals surface area contributed by atoms with Crippen LogP contribution < -0.4 is 0 Å². The van der Waals surface area contributed by atoms with Crippen LogP contribution in [0, 0.1) is 5.41 Å². The molecule has 0 radical (unpaired) electrons. The van der Waals surface area contributed by atoms with Crippen LogP contribution in [0.1, 0.15) is 30.6 Å². The van der Waals surface area contributed by atoms with Crippen LogP contribution in [0.4, 0.5) is 0 Å². The molecule has 1 aliphatic heterocycles. The highest BCUT2D eigenvalue weighted by molar-refractivity contribution is 6.00. The van der Waals surface area contributed by atoms with E-state index in [1.54, 1.807) is 0 Å². The first-order chi connectivity index (χ1) is 9.09. The molecule has 0 unspecified atom stereocenters. The molecule has 1 saturated heterocycles. The van der Waals surface area contributed by atoms with Crippen molar-refractivity contribution in [3.8, 4) is 0 Å². The van der Waals surface area contributed by atoms with Crippen molar-refractivity contribution in [2.45, 2.75) is 20.3 Å². The van der Waals surface area contributed by atoms with E-state index in [0.29, 0.717) is 0 Å². The summed E-state index contributed by atoms with van der Waals surface area (Å²) in [7, 11) is 0. The minimum Gasteiger partial charge on any atom is -0.380 e. The number of benzene rings is 1. The Morgan fingerprint density at radius 2 is 1.95 bits per heavy atom. The van der Waals surface area contributed by atoms with Crippen molar-refractivity contribution >= 4 is 5.78 Å². The van der Waals surface area contributed by atoms with E-state index in [0.717, 1.165) is 44.8 Å². The standard InChI is InChI=1S/C16H23NO2/c1-16(2,13-17-9-6-11-19-12-10-17)15(18)14-7-4-3-5-8-14/h3-5,7-8H,6,9-13H2,1-2H3. The van der Waals surface area contributed by atoms with E-state index in [9.17, 15) is 4.79 Å². The van der Waals surface area contributed by atoms with Gasteiger partial charge in [0.1, 0.15) is 0 Å². The number of carbonyl (C=O) groups excluding carboxylic acids is 1.